The number of aromatic nitrogens is 2. The van der Waals surface area contributed by atoms with Gasteiger partial charge in [0.05, 0.1) is 0 Å². The van der Waals surface area contributed by atoms with E-state index in [1.807, 2.05) is 0 Å². The summed E-state index contributed by atoms with van der Waals surface area (Å²) in [5.74, 6) is -0.0605. The third-order valence-electron chi connectivity index (χ3n) is 2.84. The van der Waals surface area contributed by atoms with E-state index >= 15 is 0 Å². The van der Waals surface area contributed by atoms with Crippen LogP contribution in [-0.2, 0) is 13.0 Å². The molecule has 0 atom stereocenters. The second-order valence-electron chi connectivity index (χ2n) is 4.07. The fourth-order valence-electron chi connectivity index (χ4n) is 1.88. The molecule has 1 aromatic rings. The van der Waals surface area contributed by atoms with Crippen LogP contribution in [0.5, 0.6) is 0 Å². The number of hydrogen-bond donors (Lipinski definition) is 3. The molecule has 1 aromatic heterocycles. The molecular formula is C11H18N4O. The molecule has 2 rings (SSSR count). The van der Waals surface area contributed by atoms with Crippen LogP contribution in [0.25, 0.3) is 0 Å². The highest BCUT2D eigenvalue weighted by molar-refractivity contribution is 5.93. The van der Waals surface area contributed by atoms with Crippen molar-refractivity contribution in [2.24, 2.45) is 0 Å². The fourth-order valence-corrected chi connectivity index (χ4v) is 1.88. The molecule has 0 unspecified atom stereocenters. The zero-order valence-corrected chi connectivity index (χ0v) is 9.60. The maximum absolute atomic E-state index is 11.8. The zero-order valence-electron chi connectivity index (χ0n) is 9.60. The van der Waals surface area contributed by atoms with Crippen molar-refractivity contribution in [3.05, 3.63) is 17.0 Å². The van der Waals surface area contributed by atoms with Crippen LogP contribution in [0, 0.1) is 0 Å². The molecule has 1 aliphatic heterocycles. The maximum atomic E-state index is 11.8. The third kappa shape index (κ3) is 2.24. The van der Waals surface area contributed by atoms with Crippen molar-refractivity contribution in [2.75, 3.05) is 13.1 Å². The average molecular weight is 222 g/mol. The number of amides is 1. The molecule has 0 fully saturated rings. The van der Waals surface area contributed by atoms with Crippen molar-refractivity contribution in [3.63, 3.8) is 0 Å². The molecule has 5 nitrogen and oxygen atoms in total. The van der Waals surface area contributed by atoms with Crippen LogP contribution in [-0.4, -0.2) is 29.2 Å². The van der Waals surface area contributed by atoms with Gasteiger partial charge in [-0.2, -0.15) is 5.10 Å². The smallest absolute Gasteiger partial charge is 0.272 e. The summed E-state index contributed by atoms with van der Waals surface area (Å²) < 4.78 is 0. The van der Waals surface area contributed by atoms with Crippen molar-refractivity contribution < 1.29 is 4.79 Å². The van der Waals surface area contributed by atoms with Gasteiger partial charge in [0.15, 0.2) is 5.69 Å². The Bertz CT molecular complexity index is 372. The Morgan fingerprint density at radius 2 is 2.44 bits per heavy atom. The first kappa shape index (κ1) is 11.1. The number of rotatable bonds is 4. The summed E-state index contributed by atoms with van der Waals surface area (Å²) in [7, 11) is 0. The lowest BCUT2D eigenvalue weighted by atomic mass is 10.1. The number of H-pyrrole nitrogens is 1. The summed E-state index contributed by atoms with van der Waals surface area (Å²) >= 11 is 0. The Morgan fingerprint density at radius 1 is 1.56 bits per heavy atom. The largest absolute Gasteiger partial charge is 0.351 e. The van der Waals surface area contributed by atoms with Crippen LogP contribution in [0.4, 0.5) is 0 Å². The molecule has 1 aliphatic rings. The van der Waals surface area contributed by atoms with Gasteiger partial charge < -0.3 is 10.6 Å². The van der Waals surface area contributed by atoms with Crippen molar-refractivity contribution in [3.8, 4) is 0 Å². The van der Waals surface area contributed by atoms with E-state index in [-0.39, 0.29) is 5.91 Å². The second-order valence-corrected chi connectivity index (χ2v) is 4.07. The van der Waals surface area contributed by atoms with E-state index in [1.165, 1.54) is 0 Å². The van der Waals surface area contributed by atoms with E-state index in [4.69, 9.17) is 0 Å². The van der Waals surface area contributed by atoms with Gasteiger partial charge in [0.25, 0.3) is 5.91 Å². The van der Waals surface area contributed by atoms with E-state index in [1.54, 1.807) is 0 Å². The Hall–Kier alpha value is -1.36. The lowest BCUT2D eigenvalue weighted by Crippen LogP contribution is -2.29. The molecule has 0 radical (unpaired) electrons. The quantitative estimate of drug-likeness (QED) is 0.653. The van der Waals surface area contributed by atoms with Crippen LogP contribution in [0.15, 0.2) is 0 Å². The molecule has 0 spiro atoms. The van der Waals surface area contributed by atoms with Gasteiger partial charge in [0.2, 0.25) is 0 Å². The molecule has 0 aromatic carbocycles. The van der Waals surface area contributed by atoms with Crippen molar-refractivity contribution in [2.45, 2.75) is 32.7 Å². The summed E-state index contributed by atoms with van der Waals surface area (Å²) in [4.78, 5) is 11.8. The van der Waals surface area contributed by atoms with Gasteiger partial charge in [-0.3, -0.25) is 9.89 Å². The summed E-state index contributed by atoms with van der Waals surface area (Å²) in [5.41, 5.74) is 2.68. The number of nitrogens with one attached hydrogen (secondary N) is 3. The van der Waals surface area contributed by atoms with Gasteiger partial charge >= 0.3 is 0 Å². The lowest BCUT2D eigenvalue weighted by Gasteiger charge is -2.12. The summed E-state index contributed by atoms with van der Waals surface area (Å²) in [5, 5.41) is 13.2. The predicted octanol–water partition coefficient (Wildman–Crippen LogP) is 0.585. The number of carbonyl (C=O) groups is 1. The fraction of sp³-hybridized carbons (Fsp3) is 0.636. The number of unbranched alkanes of at least 4 members (excludes halogenated alkanes) is 1. The minimum absolute atomic E-state index is 0.0605. The molecule has 2 heterocycles. The van der Waals surface area contributed by atoms with Gasteiger partial charge in [0, 0.05) is 37.3 Å². The van der Waals surface area contributed by atoms with Gasteiger partial charge in [-0.1, -0.05) is 13.3 Å². The summed E-state index contributed by atoms with van der Waals surface area (Å²) in [6, 6.07) is 0. The van der Waals surface area contributed by atoms with Crippen LogP contribution in [0.2, 0.25) is 0 Å². The van der Waals surface area contributed by atoms with Crippen molar-refractivity contribution >= 4 is 5.91 Å². The highest BCUT2D eigenvalue weighted by atomic mass is 16.1. The molecule has 0 aliphatic carbocycles. The van der Waals surface area contributed by atoms with Crippen molar-refractivity contribution in [1.82, 2.24) is 20.8 Å². The van der Waals surface area contributed by atoms with Gasteiger partial charge in [0.1, 0.15) is 0 Å². The second kappa shape index (κ2) is 5.12. The van der Waals surface area contributed by atoms with Crippen LogP contribution < -0.4 is 10.6 Å². The standard InChI is InChI=1S/C11H18N4O/c1-2-3-5-13-11(16)10-8-7-12-6-4-9(8)14-15-10/h12H,2-7H2,1H3,(H,13,16)(H,14,15). The first-order valence-electron chi connectivity index (χ1n) is 5.88. The molecule has 0 saturated heterocycles. The lowest BCUT2D eigenvalue weighted by molar-refractivity contribution is 0.0947. The third-order valence-corrected chi connectivity index (χ3v) is 2.84. The molecular weight excluding hydrogens is 204 g/mol. The SMILES string of the molecule is CCCCNC(=O)c1n[nH]c2c1CNCC2. The first-order valence-corrected chi connectivity index (χ1v) is 5.88. The number of hydrogen-bond acceptors (Lipinski definition) is 3. The molecule has 3 N–H and O–H groups in total. The van der Waals surface area contributed by atoms with Crippen LogP contribution in [0.3, 0.4) is 0 Å². The number of fused-ring (bicyclic) bond motifs is 1. The van der Waals surface area contributed by atoms with E-state index in [2.05, 4.69) is 27.8 Å². The summed E-state index contributed by atoms with van der Waals surface area (Å²) in [6.45, 7) is 4.52. The maximum Gasteiger partial charge on any atom is 0.272 e. The van der Waals surface area contributed by atoms with E-state index in [0.717, 1.165) is 50.2 Å². The Balaban J connectivity index is 2.03. The number of carbonyl (C=O) groups excluding carboxylic acids is 1. The Kier molecular flexibility index (Phi) is 3.56. The highest BCUT2D eigenvalue weighted by Crippen LogP contribution is 2.14. The minimum atomic E-state index is -0.0605. The van der Waals surface area contributed by atoms with E-state index < -0.39 is 0 Å². The first-order chi connectivity index (χ1) is 7.83. The molecule has 88 valence electrons. The normalized spacial score (nSPS) is 14.6. The average Bonchev–Trinajstić information content (AvgIpc) is 2.73. The topological polar surface area (TPSA) is 69.8 Å². The van der Waals surface area contributed by atoms with Crippen molar-refractivity contribution in [1.29, 1.82) is 0 Å². The number of aromatic amines is 1. The van der Waals surface area contributed by atoms with Crippen LogP contribution in [0.1, 0.15) is 41.5 Å². The molecule has 0 bridgehead atoms. The van der Waals surface area contributed by atoms with Gasteiger partial charge in [-0.15, -0.1) is 0 Å². The Labute approximate surface area is 95.0 Å². The van der Waals surface area contributed by atoms with E-state index in [0.29, 0.717) is 5.69 Å². The van der Waals surface area contributed by atoms with E-state index in [9.17, 15) is 4.79 Å². The molecule has 16 heavy (non-hydrogen) atoms. The molecule has 1 amide bonds. The highest BCUT2D eigenvalue weighted by Gasteiger charge is 2.20. The van der Waals surface area contributed by atoms with Gasteiger partial charge in [-0.05, 0) is 6.42 Å². The van der Waals surface area contributed by atoms with Crippen LogP contribution >= 0.6 is 0 Å². The minimum Gasteiger partial charge on any atom is -0.351 e. The van der Waals surface area contributed by atoms with Gasteiger partial charge in [-0.25, -0.2) is 0 Å². The predicted molar refractivity (Wildman–Crippen MR) is 61.2 cm³/mol. The number of nitrogens with zero attached hydrogens (tertiary/aromatic N) is 1. The summed E-state index contributed by atoms with van der Waals surface area (Å²) in [6.07, 6.45) is 3.02. The monoisotopic (exact) mass is 222 g/mol. The Morgan fingerprint density at radius 3 is 3.25 bits per heavy atom. The zero-order chi connectivity index (χ0) is 11.4. The molecule has 5 heteroatoms. The molecule has 0 saturated carbocycles.